The molecule has 8 heteroatoms. The molecule has 4 rings (SSSR count). The number of hydrogen-bond acceptors (Lipinski definition) is 5. The summed E-state index contributed by atoms with van der Waals surface area (Å²) in [6.45, 7) is 3.81. The molecule has 1 heterocycles. The van der Waals surface area contributed by atoms with E-state index in [1.165, 1.54) is 4.90 Å². The minimum atomic E-state index is -1.05. The van der Waals surface area contributed by atoms with Gasteiger partial charge in [0.25, 0.3) is 5.91 Å². The molecular formula is C27H25N3O5. The Kier molecular flexibility index (Phi) is 6.91. The van der Waals surface area contributed by atoms with Gasteiger partial charge in [0.15, 0.2) is 0 Å². The van der Waals surface area contributed by atoms with Gasteiger partial charge in [-0.25, -0.2) is 4.79 Å². The standard InChI is InChI=1S/C27H25N3O5/c1-3-35-27(34)18-12-14-19(15-13-18)28-24(31)16-23-25(32)29-21-10-6-7-11-22(21)30(23)26(33)20-9-5-4-8-17(20)2/h4-15,23H,3,16H2,1-2H3,(H,28,31)(H,29,32). The lowest BCUT2D eigenvalue weighted by molar-refractivity contribution is -0.122. The Morgan fingerprint density at radius 2 is 1.66 bits per heavy atom. The maximum atomic E-state index is 13.6. The SMILES string of the molecule is CCOC(=O)c1ccc(NC(=O)CC2C(=O)Nc3ccccc3N2C(=O)c2ccccc2C)cc1. The number of aryl methyl sites for hydroxylation is 1. The zero-order valence-corrected chi connectivity index (χ0v) is 19.4. The Balaban J connectivity index is 1.58. The van der Waals surface area contributed by atoms with Crippen molar-refractivity contribution in [2.24, 2.45) is 0 Å². The van der Waals surface area contributed by atoms with Crippen LogP contribution in [0.5, 0.6) is 0 Å². The van der Waals surface area contributed by atoms with Gasteiger partial charge >= 0.3 is 5.97 Å². The molecule has 3 aromatic rings. The van der Waals surface area contributed by atoms with Gasteiger partial charge in [-0.15, -0.1) is 0 Å². The molecule has 1 aliphatic rings. The van der Waals surface area contributed by atoms with Crippen LogP contribution in [-0.4, -0.2) is 36.3 Å². The van der Waals surface area contributed by atoms with Gasteiger partial charge in [-0.1, -0.05) is 30.3 Å². The van der Waals surface area contributed by atoms with Crippen molar-refractivity contribution >= 4 is 40.8 Å². The van der Waals surface area contributed by atoms with Crippen LogP contribution in [0, 0.1) is 6.92 Å². The van der Waals surface area contributed by atoms with Gasteiger partial charge in [0.2, 0.25) is 11.8 Å². The summed E-state index contributed by atoms with van der Waals surface area (Å²) in [5.74, 6) is -1.70. The highest BCUT2D eigenvalue weighted by Crippen LogP contribution is 2.34. The van der Waals surface area contributed by atoms with Crippen LogP contribution in [0.3, 0.4) is 0 Å². The molecule has 1 atom stereocenters. The summed E-state index contributed by atoms with van der Waals surface area (Å²) in [7, 11) is 0. The largest absolute Gasteiger partial charge is 0.462 e. The minimum absolute atomic E-state index is 0.253. The third-order valence-corrected chi connectivity index (χ3v) is 5.69. The van der Waals surface area contributed by atoms with Gasteiger partial charge in [0, 0.05) is 11.3 Å². The van der Waals surface area contributed by atoms with E-state index in [0.717, 1.165) is 5.56 Å². The van der Waals surface area contributed by atoms with Crippen molar-refractivity contribution in [3.8, 4) is 0 Å². The predicted molar refractivity (Wildman–Crippen MR) is 132 cm³/mol. The zero-order valence-electron chi connectivity index (χ0n) is 19.4. The lowest BCUT2D eigenvalue weighted by Crippen LogP contribution is -2.52. The third-order valence-electron chi connectivity index (χ3n) is 5.69. The summed E-state index contributed by atoms with van der Waals surface area (Å²) in [4.78, 5) is 52.8. The van der Waals surface area contributed by atoms with Crippen molar-refractivity contribution in [3.63, 3.8) is 0 Å². The average molecular weight is 472 g/mol. The Hall–Kier alpha value is -4.46. The fraction of sp³-hybridized carbons (Fsp3) is 0.185. The van der Waals surface area contributed by atoms with E-state index in [9.17, 15) is 19.2 Å². The van der Waals surface area contributed by atoms with Crippen molar-refractivity contribution in [1.82, 2.24) is 0 Å². The number of anilines is 3. The first-order valence-electron chi connectivity index (χ1n) is 11.2. The number of ether oxygens (including phenoxy) is 1. The molecule has 0 aromatic heterocycles. The molecule has 0 aliphatic carbocycles. The van der Waals surface area contributed by atoms with E-state index >= 15 is 0 Å². The molecule has 0 bridgehead atoms. The number of fused-ring (bicyclic) bond motifs is 1. The molecule has 1 aliphatic heterocycles. The molecule has 35 heavy (non-hydrogen) atoms. The van der Waals surface area contributed by atoms with Crippen LogP contribution in [-0.2, 0) is 14.3 Å². The molecular weight excluding hydrogens is 446 g/mol. The van der Waals surface area contributed by atoms with Crippen molar-refractivity contribution in [3.05, 3.63) is 89.5 Å². The highest BCUT2D eigenvalue weighted by molar-refractivity contribution is 6.18. The Morgan fingerprint density at radius 3 is 2.37 bits per heavy atom. The summed E-state index contributed by atoms with van der Waals surface area (Å²) in [5.41, 5.74) is 3.07. The van der Waals surface area contributed by atoms with Crippen LogP contribution < -0.4 is 15.5 Å². The number of benzene rings is 3. The van der Waals surface area contributed by atoms with Crippen molar-refractivity contribution in [2.45, 2.75) is 26.3 Å². The molecule has 0 saturated carbocycles. The van der Waals surface area contributed by atoms with Crippen molar-refractivity contribution < 1.29 is 23.9 Å². The summed E-state index contributed by atoms with van der Waals surface area (Å²) in [5, 5.41) is 5.53. The first-order chi connectivity index (χ1) is 16.9. The molecule has 0 saturated heterocycles. The Labute approximate surface area is 202 Å². The van der Waals surface area contributed by atoms with Crippen LogP contribution in [0.4, 0.5) is 17.1 Å². The number of carbonyl (C=O) groups excluding carboxylic acids is 4. The number of nitrogens with one attached hydrogen (secondary N) is 2. The fourth-order valence-corrected chi connectivity index (χ4v) is 3.96. The molecule has 8 nitrogen and oxygen atoms in total. The highest BCUT2D eigenvalue weighted by atomic mass is 16.5. The maximum absolute atomic E-state index is 13.6. The fourth-order valence-electron chi connectivity index (χ4n) is 3.96. The van der Waals surface area contributed by atoms with E-state index in [1.54, 1.807) is 67.6 Å². The number of para-hydroxylation sites is 2. The number of amides is 3. The molecule has 2 N–H and O–H groups in total. The molecule has 1 unspecified atom stereocenters. The van der Waals surface area contributed by atoms with Crippen LogP contribution in [0.1, 0.15) is 39.6 Å². The molecule has 0 radical (unpaired) electrons. The monoisotopic (exact) mass is 471 g/mol. The molecule has 0 spiro atoms. The van der Waals surface area contributed by atoms with E-state index in [2.05, 4.69) is 10.6 Å². The molecule has 0 fully saturated rings. The van der Waals surface area contributed by atoms with E-state index in [4.69, 9.17) is 4.74 Å². The average Bonchev–Trinajstić information content (AvgIpc) is 2.85. The van der Waals surface area contributed by atoms with Gasteiger partial charge < -0.3 is 15.4 Å². The molecule has 178 valence electrons. The lowest BCUT2D eigenvalue weighted by atomic mass is 10.0. The zero-order chi connectivity index (χ0) is 24.9. The minimum Gasteiger partial charge on any atom is -0.462 e. The first kappa shape index (κ1) is 23.7. The van der Waals surface area contributed by atoms with Gasteiger partial charge in [0.05, 0.1) is 30.0 Å². The topological polar surface area (TPSA) is 105 Å². The first-order valence-corrected chi connectivity index (χ1v) is 11.2. The van der Waals surface area contributed by atoms with Crippen LogP contribution in [0.25, 0.3) is 0 Å². The third kappa shape index (κ3) is 5.06. The number of carbonyl (C=O) groups is 4. The van der Waals surface area contributed by atoms with Crippen molar-refractivity contribution in [1.29, 1.82) is 0 Å². The van der Waals surface area contributed by atoms with E-state index in [1.807, 2.05) is 19.1 Å². The van der Waals surface area contributed by atoms with Crippen LogP contribution >= 0.6 is 0 Å². The quantitative estimate of drug-likeness (QED) is 0.525. The Bertz CT molecular complexity index is 1290. The second kappa shape index (κ2) is 10.2. The van der Waals surface area contributed by atoms with Gasteiger partial charge in [-0.05, 0) is 61.9 Å². The second-order valence-electron chi connectivity index (χ2n) is 8.06. The number of esters is 1. The van der Waals surface area contributed by atoms with Gasteiger partial charge in [0.1, 0.15) is 6.04 Å². The predicted octanol–water partition coefficient (Wildman–Crippen LogP) is 4.17. The van der Waals surface area contributed by atoms with Crippen molar-refractivity contribution in [2.75, 3.05) is 22.1 Å². The maximum Gasteiger partial charge on any atom is 0.338 e. The summed E-state index contributed by atoms with van der Waals surface area (Å²) in [6, 6.07) is 19.3. The number of hydrogen-bond donors (Lipinski definition) is 2. The van der Waals surface area contributed by atoms with E-state index in [0.29, 0.717) is 28.2 Å². The second-order valence-corrected chi connectivity index (χ2v) is 8.06. The summed E-state index contributed by atoms with van der Waals surface area (Å²) < 4.78 is 4.96. The normalized spacial score (nSPS) is 14.5. The van der Waals surface area contributed by atoms with Gasteiger partial charge in [-0.3, -0.25) is 19.3 Å². The number of rotatable bonds is 6. The Morgan fingerprint density at radius 1 is 0.971 bits per heavy atom. The lowest BCUT2D eigenvalue weighted by Gasteiger charge is -2.36. The summed E-state index contributed by atoms with van der Waals surface area (Å²) >= 11 is 0. The molecule has 3 aromatic carbocycles. The van der Waals surface area contributed by atoms with E-state index < -0.39 is 23.8 Å². The highest BCUT2D eigenvalue weighted by Gasteiger charge is 2.38. The van der Waals surface area contributed by atoms with Crippen LogP contribution in [0.2, 0.25) is 0 Å². The summed E-state index contributed by atoms with van der Waals surface area (Å²) in [6.07, 6.45) is -0.253. The number of nitrogens with zero attached hydrogens (tertiary/aromatic N) is 1. The van der Waals surface area contributed by atoms with E-state index in [-0.39, 0.29) is 18.9 Å². The van der Waals surface area contributed by atoms with Crippen LogP contribution in [0.15, 0.2) is 72.8 Å². The smallest absolute Gasteiger partial charge is 0.338 e. The van der Waals surface area contributed by atoms with Gasteiger partial charge in [-0.2, -0.15) is 0 Å². The molecule has 3 amide bonds.